The van der Waals surface area contributed by atoms with Crippen molar-refractivity contribution in [2.45, 2.75) is 234 Å². The second-order valence-electron chi connectivity index (χ2n) is 22.3. The predicted molar refractivity (Wildman–Crippen MR) is 357 cm³/mol. The minimum Gasteiger partial charge on any atom is -0.143 e. The first kappa shape index (κ1) is 57.6. The van der Waals surface area contributed by atoms with E-state index in [9.17, 15) is 0 Å². The van der Waals surface area contributed by atoms with Crippen molar-refractivity contribution in [1.29, 1.82) is 0 Å². The summed E-state index contributed by atoms with van der Waals surface area (Å²) in [5, 5.41) is 13.6. The minimum atomic E-state index is 1.19. The molecule has 0 nitrogen and oxygen atoms in total. The highest BCUT2D eigenvalue weighted by Crippen LogP contribution is 2.47. The maximum absolute atomic E-state index is 2.58. The van der Waals surface area contributed by atoms with Gasteiger partial charge in [-0.2, -0.15) is 0 Å². The molecular weight excluding hydrogens is 1030 g/mol. The van der Waals surface area contributed by atoms with Gasteiger partial charge in [-0.3, -0.25) is 0 Å². The number of hydrogen-bond acceptors (Lipinski definition) is 6. The summed E-state index contributed by atoms with van der Waals surface area (Å²) in [5.41, 5.74) is 10.0. The van der Waals surface area contributed by atoms with Gasteiger partial charge in [-0.25, -0.2) is 0 Å². The summed E-state index contributed by atoms with van der Waals surface area (Å²) in [6.45, 7) is 14.1. The molecule has 0 aliphatic carbocycles. The highest BCUT2D eigenvalue weighted by atomic mass is 32.1. The van der Waals surface area contributed by atoms with E-state index in [0.29, 0.717) is 0 Å². The number of aryl methyl sites for hydroxylation is 6. The molecule has 6 aromatic heterocycles. The molecule has 76 heavy (non-hydrogen) atoms. The summed E-state index contributed by atoms with van der Waals surface area (Å²) >= 11 is 12.3. The highest BCUT2D eigenvalue weighted by Gasteiger charge is 2.22. The first-order valence-corrected chi connectivity index (χ1v) is 35.8. The number of hydrogen-bond donors (Lipinski definition) is 0. The Morgan fingerprint density at radius 1 is 0.263 bits per heavy atom. The van der Waals surface area contributed by atoms with Crippen molar-refractivity contribution in [3.63, 3.8) is 0 Å². The Morgan fingerprint density at radius 2 is 0.487 bits per heavy atom. The van der Waals surface area contributed by atoms with E-state index in [0.717, 1.165) is 0 Å². The van der Waals surface area contributed by atoms with E-state index in [-0.39, 0.29) is 0 Å². The molecule has 0 saturated carbocycles. The quantitative estimate of drug-likeness (QED) is 0.0353. The zero-order valence-electron chi connectivity index (χ0n) is 47.6. The van der Waals surface area contributed by atoms with Crippen molar-refractivity contribution in [2.24, 2.45) is 0 Å². The number of unbranched alkanes of at least 4 members (excludes halogenated alkanes) is 18. The van der Waals surface area contributed by atoms with Crippen molar-refractivity contribution in [2.75, 3.05) is 0 Å². The lowest BCUT2D eigenvalue weighted by Gasteiger charge is -2.13. The van der Waals surface area contributed by atoms with E-state index in [4.69, 9.17) is 0 Å². The Kier molecular flexibility index (Phi) is 22.3. The summed E-state index contributed by atoms with van der Waals surface area (Å²) in [7, 11) is 0. The molecule has 0 N–H and O–H groups in total. The molecule has 0 atom stereocenters. The maximum Gasteiger partial charge on any atom is 0.0390 e. The summed E-state index contributed by atoms with van der Waals surface area (Å²) in [6, 6.07) is 15.1. The van der Waals surface area contributed by atoms with Crippen LogP contribution in [0.25, 0.3) is 84.8 Å². The normalized spacial score (nSPS) is 12.5. The second kappa shape index (κ2) is 29.4. The standard InChI is InChI=1S/C70H90S6/c1-7-13-19-25-31-53-55(33-27-21-15-9-3)67-61(59-41-43-71-65(53)59)45-49(73-67)37-39-51-47-63-64-48-52(76-70(64)58(36-30-24-18-12-6)57(69(63)75-51)35-29-23-17-11-5)40-38-50-46-62-60-42-44-72-66(60)54(32-26-20-14-8-2)56(68(62)74-50)34-28-22-16-10-4/h37-48H,7-36H2,1-6H3/b39-37+,40-38+. The topological polar surface area (TPSA) is 0 Å². The van der Waals surface area contributed by atoms with E-state index in [1.807, 2.05) is 22.7 Å². The number of thiophene rings is 6. The fourth-order valence-corrected chi connectivity index (χ4v) is 19.0. The van der Waals surface area contributed by atoms with Crippen LogP contribution in [-0.2, 0) is 38.5 Å². The molecule has 9 aromatic rings. The van der Waals surface area contributed by atoms with Crippen molar-refractivity contribution in [3.8, 4) is 0 Å². The van der Waals surface area contributed by atoms with Crippen LogP contribution in [0.1, 0.15) is 249 Å². The highest BCUT2D eigenvalue weighted by molar-refractivity contribution is 7.23. The molecule has 0 aliphatic rings. The molecule has 0 bridgehead atoms. The summed E-state index contributed by atoms with van der Waals surface area (Å²) < 4.78 is 9.36. The van der Waals surface area contributed by atoms with Crippen LogP contribution in [0.3, 0.4) is 0 Å². The van der Waals surface area contributed by atoms with E-state index in [1.165, 1.54) is 244 Å². The molecule has 6 heteroatoms. The minimum absolute atomic E-state index is 1.19. The Bertz CT molecular complexity index is 3090. The third-order valence-electron chi connectivity index (χ3n) is 16.4. The SMILES string of the molecule is CCCCCCc1c(CCCCCC)c2sc(/C=C/c3cc4c(s3)c(CCCCCC)c(CCCCCC)c3sc(/C=C/c5cc6c(s5)c(CCCCCC)c(CCCCCC)c5sccc56)cc34)cc2c2ccsc12. The smallest absolute Gasteiger partial charge is 0.0390 e. The van der Waals surface area contributed by atoms with E-state index in [2.05, 4.69) is 158 Å². The monoisotopic (exact) mass is 1120 g/mol. The first-order chi connectivity index (χ1) is 37.5. The van der Waals surface area contributed by atoms with Gasteiger partial charge < -0.3 is 0 Å². The zero-order valence-corrected chi connectivity index (χ0v) is 52.5. The molecule has 3 aromatic carbocycles. The van der Waals surface area contributed by atoms with Crippen LogP contribution in [0.5, 0.6) is 0 Å². The van der Waals surface area contributed by atoms with E-state index < -0.39 is 0 Å². The summed E-state index contributed by atoms with van der Waals surface area (Å²) in [4.78, 5) is 5.59. The lowest BCUT2D eigenvalue weighted by Crippen LogP contribution is -1.97. The first-order valence-electron chi connectivity index (χ1n) is 30.8. The number of fused-ring (bicyclic) bond motifs is 9. The van der Waals surface area contributed by atoms with Crippen LogP contribution in [-0.4, -0.2) is 0 Å². The molecule has 6 heterocycles. The molecule has 9 rings (SSSR count). The van der Waals surface area contributed by atoms with Crippen LogP contribution >= 0.6 is 68.0 Å². The van der Waals surface area contributed by atoms with E-state index >= 15 is 0 Å². The molecule has 406 valence electrons. The van der Waals surface area contributed by atoms with Gasteiger partial charge >= 0.3 is 0 Å². The van der Waals surface area contributed by atoms with Crippen molar-refractivity contribution in [1.82, 2.24) is 0 Å². The Labute approximate surface area is 483 Å². The lowest BCUT2D eigenvalue weighted by molar-refractivity contribution is 0.654. The fourth-order valence-electron chi connectivity index (χ4n) is 12.3. The average Bonchev–Trinajstić information content (AvgIpc) is 4.33. The third kappa shape index (κ3) is 13.7. The van der Waals surface area contributed by atoms with Crippen LogP contribution in [0.2, 0.25) is 0 Å². The van der Waals surface area contributed by atoms with E-state index in [1.54, 1.807) is 61.6 Å². The van der Waals surface area contributed by atoms with Crippen LogP contribution < -0.4 is 0 Å². The molecule has 0 aliphatic heterocycles. The largest absolute Gasteiger partial charge is 0.143 e. The van der Waals surface area contributed by atoms with Crippen LogP contribution in [0, 0.1) is 0 Å². The summed E-state index contributed by atoms with van der Waals surface area (Å²) in [6.07, 6.45) is 48.7. The van der Waals surface area contributed by atoms with Crippen molar-refractivity contribution in [3.05, 3.63) is 100 Å². The van der Waals surface area contributed by atoms with Gasteiger partial charge in [0.1, 0.15) is 0 Å². The predicted octanol–water partition coefficient (Wildman–Crippen LogP) is 26.1. The number of benzene rings is 3. The van der Waals surface area contributed by atoms with Gasteiger partial charge in [0.2, 0.25) is 0 Å². The Morgan fingerprint density at radius 3 is 0.724 bits per heavy atom. The van der Waals surface area contributed by atoms with Gasteiger partial charge in [-0.15, -0.1) is 68.0 Å². The van der Waals surface area contributed by atoms with Gasteiger partial charge in [0.25, 0.3) is 0 Å². The van der Waals surface area contributed by atoms with Crippen molar-refractivity contribution < 1.29 is 0 Å². The van der Waals surface area contributed by atoms with Gasteiger partial charge in [-0.1, -0.05) is 157 Å². The fraction of sp³-hybridized carbons (Fsp3) is 0.514. The second-order valence-corrected chi connectivity index (χ2v) is 28.5. The van der Waals surface area contributed by atoms with Crippen LogP contribution in [0.4, 0.5) is 0 Å². The molecule has 0 saturated heterocycles. The van der Waals surface area contributed by atoms with Crippen LogP contribution in [0.15, 0.2) is 47.2 Å². The molecule has 0 amide bonds. The third-order valence-corrected chi connectivity index (χ3v) is 23.0. The van der Waals surface area contributed by atoms with Gasteiger partial charge in [0.05, 0.1) is 0 Å². The maximum atomic E-state index is 2.58. The number of rotatable bonds is 34. The molecular formula is C70H90S6. The summed E-state index contributed by atoms with van der Waals surface area (Å²) in [5.74, 6) is 0. The van der Waals surface area contributed by atoms with Gasteiger partial charge in [0, 0.05) is 80.0 Å². The molecule has 0 spiro atoms. The average molecular weight is 1120 g/mol. The molecule has 0 radical (unpaired) electrons. The Hall–Kier alpha value is -3.10. The van der Waals surface area contributed by atoms with Gasteiger partial charge in [-0.05, 0) is 182 Å². The Balaban J connectivity index is 1.10. The molecule has 0 unspecified atom stereocenters. The van der Waals surface area contributed by atoms with Crippen molar-refractivity contribution >= 4 is 153 Å². The van der Waals surface area contributed by atoms with Gasteiger partial charge in [0.15, 0.2) is 0 Å². The zero-order chi connectivity index (χ0) is 52.6. The molecule has 0 fully saturated rings. The lowest BCUT2D eigenvalue weighted by atomic mass is 9.93.